The van der Waals surface area contributed by atoms with Crippen LogP contribution in [0.3, 0.4) is 0 Å². The first-order valence-corrected chi connectivity index (χ1v) is 4.85. The molecule has 0 aliphatic carbocycles. The molecule has 1 aromatic carbocycles. The largest absolute Gasteiger partial charge is 0.478 e. The summed E-state index contributed by atoms with van der Waals surface area (Å²) in [6.07, 6.45) is -0.0237. The number of benzene rings is 1. The fourth-order valence-electron chi connectivity index (χ4n) is 1.37. The third-order valence-corrected chi connectivity index (χ3v) is 2.21. The monoisotopic (exact) mass is 244 g/mol. The molecule has 1 rings (SSSR count). The van der Waals surface area contributed by atoms with Crippen LogP contribution in [0.2, 0.25) is 0 Å². The number of nitro benzene ring substituents is 1. The molecule has 0 aliphatic heterocycles. The second kappa shape index (κ2) is 5.46. The first kappa shape index (κ1) is 13.2. The minimum absolute atomic E-state index is 0.0237. The molecular weight excluding hydrogens is 236 g/mol. The zero-order chi connectivity index (χ0) is 13.7. The lowest BCUT2D eigenvalue weighted by molar-refractivity contribution is -0.385. The van der Waals surface area contributed by atoms with E-state index in [0.29, 0.717) is 0 Å². The Bertz CT molecular complexity index is 582. The Kier molecular flexibility index (Phi) is 4.01. The molecule has 6 heteroatoms. The lowest BCUT2D eigenvalue weighted by Crippen LogP contribution is -2.04. The van der Waals surface area contributed by atoms with Crippen molar-refractivity contribution in [1.29, 1.82) is 5.26 Å². The number of hydrogen-bond acceptors (Lipinski definition) is 4. The van der Waals surface area contributed by atoms with E-state index in [-0.39, 0.29) is 28.8 Å². The van der Waals surface area contributed by atoms with Crippen molar-refractivity contribution in [3.8, 4) is 17.9 Å². The van der Waals surface area contributed by atoms with Gasteiger partial charge < -0.3 is 5.11 Å². The number of rotatable bonds is 2. The van der Waals surface area contributed by atoms with Crippen LogP contribution in [0.4, 0.5) is 5.69 Å². The molecule has 0 radical (unpaired) electrons. The van der Waals surface area contributed by atoms with E-state index < -0.39 is 10.9 Å². The van der Waals surface area contributed by atoms with E-state index in [1.165, 1.54) is 19.1 Å². The highest BCUT2D eigenvalue weighted by molar-refractivity contribution is 5.91. The van der Waals surface area contributed by atoms with Crippen molar-refractivity contribution >= 4 is 11.7 Å². The molecular formula is C12H8N2O4. The summed E-state index contributed by atoms with van der Waals surface area (Å²) in [7, 11) is 0. The van der Waals surface area contributed by atoms with Gasteiger partial charge in [-0.15, -0.1) is 0 Å². The number of carboxylic acids is 1. The number of nitrogens with zero attached hydrogens (tertiary/aromatic N) is 2. The molecule has 0 saturated heterocycles. The first-order chi connectivity index (χ1) is 8.47. The molecule has 0 bridgehead atoms. The smallest absolute Gasteiger partial charge is 0.336 e. The fraction of sp³-hybridized carbons (Fsp3) is 0.167. The lowest BCUT2D eigenvalue weighted by atomic mass is 10.0. The van der Waals surface area contributed by atoms with Gasteiger partial charge in [-0.2, -0.15) is 5.26 Å². The van der Waals surface area contributed by atoms with Crippen LogP contribution in [0, 0.1) is 40.2 Å². The van der Waals surface area contributed by atoms with Crippen molar-refractivity contribution in [2.45, 2.75) is 13.3 Å². The van der Waals surface area contributed by atoms with E-state index >= 15 is 0 Å². The zero-order valence-electron chi connectivity index (χ0n) is 9.43. The minimum Gasteiger partial charge on any atom is -0.478 e. The topological polar surface area (TPSA) is 104 Å². The average molecular weight is 244 g/mol. The maximum atomic E-state index is 11.0. The van der Waals surface area contributed by atoms with Crippen LogP contribution in [0.15, 0.2) is 12.1 Å². The van der Waals surface area contributed by atoms with Crippen LogP contribution in [0.25, 0.3) is 0 Å². The number of carboxylic acid groups (broad SMARTS) is 1. The predicted octanol–water partition coefficient (Wildman–Crippen LogP) is 1.87. The van der Waals surface area contributed by atoms with Gasteiger partial charge in [0.25, 0.3) is 5.69 Å². The molecule has 0 saturated carbocycles. The summed E-state index contributed by atoms with van der Waals surface area (Å²) < 4.78 is 0. The Morgan fingerprint density at radius 1 is 1.56 bits per heavy atom. The van der Waals surface area contributed by atoms with Crippen molar-refractivity contribution < 1.29 is 14.8 Å². The molecule has 0 aliphatic rings. The Labute approximate surface area is 103 Å². The van der Waals surface area contributed by atoms with Gasteiger partial charge in [0.1, 0.15) is 0 Å². The Morgan fingerprint density at radius 3 is 2.72 bits per heavy atom. The molecule has 18 heavy (non-hydrogen) atoms. The molecule has 0 heterocycles. The molecule has 1 N–H and O–H groups in total. The number of aromatic carboxylic acids is 1. The van der Waals surface area contributed by atoms with Crippen molar-refractivity contribution in [1.82, 2.24) is 0 Å². The van der Waals surface area contributed by atoms with Gasteiger partial charge in [-0.1, -0.05) is 11.8 Å². The molecule has 1 aromatic rings. The summed E-state index contributed by atoms with van der Waals surface area (Å²) in [4.78, 5) is 21.1. The maximum Gasteiger partial charge on any atom is 0.336 e. The standard InChI is InChI=1S/C12H8N2O4/c1-8-10(12(15)16)6-9(4-2-3-5-13)7-11(8)14(17)18/h6-7H,3H2,1H3,(H,15,16). The van der Waals surface area contributed by atoms with E-state index in [2.05, 4.69) is 11.8 Å². The highest BCUT2D eigenvalue weighted by Gasteiger charge is 2.19. The molecule has 6 nitrogen and oxygen atoms in total. The second-order valence-corrected chi connectivity index (χ2v) is 3.37. The van der Waals surface area contributed by atoms with Crippen LogP contribution in [-0.4, -0.2) is 16.0 Å². The van der Waals surface area contributed by atoms with Crippen molar-refractivity contribution in [2.75, 3.05) is 0 Å². The summed E-state index contributed by atoms with van der Waals surface area (Å²) in [6, 6.07) is 4.26. The lowest BCUT2D eigenvalue weighted by Gasteiger charge is -2.03. The summed E-state index contributed by atoms with van der Waals surface area (Å²) in [5.41, 5.74) is -0.167. The number of nitro groups is 1. The van der Waals surface area contributed by atoms with Crippen LogP contribution in [-0.2, 0) is 0 Å². The third kappa shape index (κ3) is 2.83. The predicted molar refractivity (Wildman–Crippen MR) is 61.9 cm³/mol. The highest BCUT2D eigenvalue weighted by Crippen LogP contribution is 2.23. The summed E-state index contributed by atoms with van der Waals surface area (Å²) >= 11 is 0. The van der Waals surface area contributed by atoms with Crippen LogP contribution >= 0.6 is 0 Å². The molecule has 0 amide bonds. The molecule has 0 atom stereocenters. The van der Waals surface area contributed by atoms with Gasteiger partial charge in [-0.3, -0.25) is 10.1 Å². The maximum absolute atomic E-state index is 11.0. The number of carbonyl (C=O) groups is 1. The van der Waals surface area contributed by atoms with Crippen LogP contribution < -0.4 is 0 Å². The number of nitriles is 1. The quantitative estimate of drug-likeness (QED) is 0.485. The van der Waals surface area contributed by atoms with E-state index in [4.69, 9.17) is 10.4 Å². The Morgan fingerprint density at radius 2 is 2.22 bits per heavy atom. The van der Waals surface area contributed by atoms with E-state index in [1.54, 1.807) is 6.07 Å². The van der Waals surface area contributed by atoms with Gasteiger partial charge in [0.2, 0.25) is 0 Å². The van der Waals surface area contributed by atoms with E-state index in [0.717, 1.165) is 0 Å². The van der Waals surface area contributed by atoms with Gasteiger partial charge in [0.15, 0.2) is 0 Å². The molecule has 0 aromatic heterocycles. The van der Waals surface area contributed by atoms with Crippen LogP contribution in [0.1, 0.15) is 27.9 Å². The summed E-state index contributed by atoms with van der Waals surface area (Å²) in [5, 5.41) is 28.1. The van der Waals surface area contributed by atoms with Crippen molar-refractivity contribution in [3.63, 3.8) is 0 Å². The molecule has 0 unspecified atom stereocenters. The normalized spacial score (nSPS) is 8.89. The fourth-order valence-corrected chi connectivity index (χ4v) is 1.37. The van der Waals surface area contributed by atoms with Gasteiger partial charge in [0.05, 0.1) is 23.0 Å². The van der Waals surface area contributed by atoms with Crippen molar-refractivity contribution in [2.24, 2.45) is 0 Å². The summed E-state index contributed by atoms with van der Waals surface area (Å²) in [6.45, 7) is 1.37. The third-order valence-electron chi connectivity index (χ3n) is 2.21. The average Bonchev–Trinajstić information content (AvgIpc) is 2.30. The summed E-state index contributed by atoms with van der Waals surface area (Å²) in [5.74, 6) is 3.75. The second-order valence-electron chi connectivity index (χ2n) is 3.37. The van der Waals surface area contributed by atoms with Crippen LogP contribution in [0.5, 0.6) is 0 Å². The first-order valence-electron chi connectivity index (χ1n) is 4.85. The van der Waals surface area contributed by atoms with Gasteiger partial charge in [-0.05, 0) is 13.0 Å². The van der Waals surface area contributed by atoms with E-state index in [1.807, 2.05) is 0 Å². The SMILES string of the molecule is Cc1c(C(=O)O)cc(C#CCC#N)cc1[N+](=O)[O-]. The Hall–Kier alpha value is -2.86. The molecule has 90 valence electrons. The minimum atomic E-state index is -1.25. The van der Waals surface area contributed by atoms with Gasteiger partial charge in [0, 0.05) is 17.2 Å². The van der Waals surface area contributed by atoms with Gasteiger partial charge >= 0.3 is 5.97 Å². The molecule has 0 spiro atoms. The van der Waals surface area contributed by atoms with Crippen molar-refractivity contribution in [3.05, 3.63) is 38.9 Å². The zero-order valence-corrected chi connectivity index (χ0v) is 9.43. The van der Waals surface area contributed by atoms with E-state index in [9.17, 15) is 14.9 Å². The van der Waals surface area contributed by atoms with Gasteiger partial charge in [-0.25, -0.2) is 4.79 Å². The highest BCUT2D eigenvalue weighted by atomic mass is 16.6. The molecule has 0 fully saturated rings. The number of hydrogen-bond donors (Lipinski definition) is 1. The Balaban J connectivity index is 3.41.